The van der Waals surface area contributed by atoms with Gasteiger partial charge < -0.3 is 21.1 Å². The second kappa shape index (κ2) is 9.94. The molecule has 3 aromatic rings. The minimum Gasteiger partial charge on any atom is -0.495 e. The maximum atomic E-state index is 12.1. The highest BCUT2D eigenvalue weighted by atomic mass is 35.5. The average molecular weight is 431 g/mol. The fourth-order valence-electron chi connectivity index (χ4n) is 2.39. The molecule has 0 spiro atoms. The smallest absolute Gasteiger partial charge is 0.234 e. The van der Waals surface area contributed by atoms with Gasteiger partial charge in [-0.25, -0.2) is 0 Å². The van der Waals surface area contributed by atoms with E-state index in [1.807, 2.05) is 30.3 Å². The van der Waals surface area contributed by atoms with Gasteiger partial charge in [0.05, 0.1) is 23.6 Å². The minimum atomic E-state index is -0.166. The van der Waals surface area contributed by atoms with Crippen LogP contribution in [0.25, 0.3) is 0 Å². The van der Waals surface area contributed by atoms with Gasteiger partial charge in [-0.1, -0.05) is 29.8 Å². The van der Waals surface area contributed by atoms with Crippen LogP contribution in [0.2, 0.25) is 5.02 Å². The normalized spacial score (nSPS) is 10.4. The Morgan fingerprint density at radius 1 is 1.14 bits per heavy atom. The van der Waals surface area contributed by atoms with E-state index in [1.54, 1.807) is 18.2 Å². The summed E-state index contributed by atoms with van der Waals surface area (Å²) < 4.78 is 5.09. The van der Waals surface area contributed by atoms with Crippen LogP contribution in [0.4, 0.5) is 23.3 Å². The van der Waals surface area contributed by atoms with Crippen LogP contribution in [-0.4, -0.2) is 33.7 Å². The summed E-state index contributed by atoms with van der Waals surface area (Å²) in [5, 5.41) is 6.29. The number of nitrogens with zero attached hydrogens (tertiary/aromatic N) is 3. The van der Waals surface area contributed by atoms with Gasteiger partial charge in [0.1, 0.15) is 11.6 Å². The molecule has 4 N–H and O–H groups in total. The van der Waals surface area contributed by atoms with E-state index >= 15 is 0 Å². The SMILES string of the molecule is COc1ccc(NC(=O)CSCc2nc(N)nc(Nc3ccccc3)n2)cc1Cl. The molecule has 0 aliphatic rings. The molecule has 0 unspecified atom stereocenters. The molecule has 1 aromatic heterocycles. The van der Waals surface area contributed by atoms with E-state index < -0.39 is 0 Å². The zero-order chi connectivity index (χ0) is 20.6. The van der Waals surface area contributed by atoms with E-state index in [2.05, 4.69) is 25.6 Å². The van der Waals surface area contributed by atoms with Crippen LogP contribution in [0.1, 0.15) is 5.82 Å². The van der Waals surface area contributed by atoms with Gasteiger partial charge in [0, 0.05) is 11.4 Å². The Balaban J connectivity index is 1.53. The van der Waals surface area contributed by atoms with Gasteiger partial charge in [-0.2, -0.15) is 15.0 Å². The highest BCUT2D eigenvalue weighted by molar-refractivity contribution is 7.99. The Bertz CT molecular complexity index is 990. The molecule has 8 nitrogen and oxygen atoms in total. The number of benzene rings is 2. The first kappa shape index (κ1) is 20.7. The number of methoxy groups -OCH3 is 1. The quantitative estimate of drug-likeness (QED) is 0.495. The zero-order valence-electron chi connectivity index (χ0n) is 15.6. The molecule has 0 aliphatic carbocycles. The summed E-state index contributed by atoms with van der Waals surface area (Å²) in [7, 11) is 1.53. The summed E-state index contributed by atoms with van der Waals surface area (Å²) in [4.78, 5) is 24.7. The van der Waals surface area contributed by atoms with Crippen LogP contribution < -0.4 is 21.1 Å². The maximum Gasteiger partial charge on any atom is 0.234 e. The number of aromatic nitrogens is 3. The average Bonchev–Trinajstić information content (AvgIpc) is 2.68. The van der Waals surface area contributed by atoms with Crippen molar-refractivity contribution in [3.8, 4) is 5.75 Å². The number of carbonyl (C=O) groups is 1. The van der Waals surface area contributed by atoms with Gasteiger partial charge in [0.15, 0.2) is 0 Å². The topological polar surface area (TPSA) is 115 Å². The van der Waals surface area contributed by atoms with Gasteiger partial charge in [0.25, 0.3) is 0 Å². The summed E-state index contributed by atoms with van der Waals surface area (Å²) in [5.41, 5.74) is 7.21. The van der Waals surface area contributed by atoms with Crippen LogP contribution in [0.15, 0.2) is 48.5 Å². The lowest BCUT2D eigenvalue weighted by Gasteiger charge is -2.09. The first-order valence-electron chi connectivity index (χ1n) is 8.57. The largest absolute Gasteiger partial charge is 0.495 e. The van der Waals surface area contributed by atoms with Crippen LogP contribution >= 0.6 is 23.4 Å². The number of hydrogen-bond acceptors (Lipinski definition) is 8. The second-order valence-corrected chi connectivity index (χ2v) is 7.21. The van der Waals surface area contributed by atoms with Crippen molar-refractivity contribution in [2.45, 2.75) is 5.75 Å². The van der Waals surface area contributed by atoms with Crippen molar-refractivity contribution in [2.24, 2.45) is 0 Å². The van der Waals surface area contributed by atoms with Crippen LogP contribution in [-0.2, 0) is 10.5 Å². The Kier molecular flexibility index (Phi) is 7.09. The molecule has 0 radical (unpaired) electrons. The maximum absolute atomic E-state index is 12.1. The molecule has 29 heavy (non-hydrogen) atoms. The van der Waals surface area contributed by atoms with Crippen molar-refractivity contribution in [3.63, 3.8) is 0 Å². The third-order valence-electron chi connectivity index (χ3n) is 3.63. The Morgan fingerprint density at radius 3 is 2.66 bits per heavy atom. The van der Waals surface area contributed by atoms with Gasteiger partial charge in [-0.05, 0) is 30.3 Å². The molecule has 0 saturated heterocycles. The number of carbonyl (C=O) groups excluding carboxylic acids is 1. The molecule has 10 heteroatoms. The number of rotatable bonds is 8. The van der Waals surface area contributed by atoms with Gasteiger partial charge in [-0.15, -0.1) is 11.8 Å². The third kappa shape index (κ3) is 6.23. The summed E-state index contributed by atoms with van der Waals surface area (Å²) in [6, 6.07) is 14.6. The number of para-hydroxylation sites is 1. The molecular formula is C19H19ClN6O2S. The van der Waals surface area contributed by atoms with E-state index in [0.29, 0.717) is 34.0 Å². The van der Waals surface area contributed by atoms with Crippen molar-refractivity contribution < 1.29 is 9.53 Å². The lowest BCUT2D eigenvalue weighted by Crippen LogP contribution is -2.14. The molecule has 150 valence electrons. The first-order chi connectivity index (χ1) is 14.0. The van der Waals surface area contributed by atoms with Crippen LogP contribution in [0.5, 0.6) is 5.75 Å². The number of nitrogen functional groups attached to an aromatic ring is 1. The molecule has 3 rings (SSSR count). The van der Waals surface area contributed by atoms with E-state index in [0.717, 1.165) is 5.69 Å². The molecule has 1 heterocycles. The number of hydrogen-bond donors (Lipinski definition) is 3. The van der Waals surface area contributed by atoms with E-state index in [1.165, 1.54) is 18.9 Å². The summed E-state index contributed by atoms with van der Waals surface area (Å²) in [6.45, 7) is 0. The Labute approximate surface area is 177 Å². The summed E-state index contributed by atoms with van der Waals surface area (Å²) in [5.74, 6) is 1.97. The summed E-state index contributed by atoms with van der Waals surface area (Å²) in [6.07, 6.45) is 0. The predicted octanol–water partition coefficient (Wildman–Crippen LogP) is 3.73. The van der Waals surface area contributed by atoms with Crippen molar-refractivity contribution in [1.29, 1.82) is 0 Å². The minimum absolute atomic E-state index is 0.117. The molecule has 0 aliphatic heterocycles. The highest BCUT2D eigenvalue weighted by Crippen LogP contribution is 2.27. The Morgan fingerprint density at radius 2 is 1.93 bits per heavy atom. The second-order valence-electron chi connectivity index (χ2n) is 5.81. The highest BCUT2D eigenvalue weighted by Gasteiger charge is 2.09. The number of anilines is 4. The predicted molar refractivity (Wildman–Crippen MR) is 117 cm³/mol. The number of nitrogens with one attached hydrogen (secondary N) is 2. The lowest BCUT2D eigenvalue weighted by molar-refractivity contribution is -0.113. The Hall–Kier alpha value is -3.04. The van der Waals surface area contributed by atoms with E-state index in [9.17, 15) is 4.79 Å². The van der Waals surface area contributed by atoms with Crippen molar-refractivity contribution in [2.75, 3.05) is 29.2 Å². The van der Waals surface area contributed by atoms with E-state index in [-0.39, 0.29) is 17.6 Å². The molecule has 0 fully saturated rings. The molecule has 0 atom stereocenters. The fourth-order valence-corrected chi connectivity index (χ4v) is 3.31. The number of amides is 1. The number of ether oxygens (including phenoxy) is 1. The standard InChI is InChI=1S/C19H19ClN6O2S/c1-28-15-8-7-13(9-14(15)20)22-17(27)11-29-10-16-24-18(21)26-19(25-16)23-12-5-3-2-4-6-12/h2-9H,10-11H2,1H3,(H,22,27)(H3,21,23,24,25,26). The van der Waals surface area contributed by atoms with Crippen molar-refractivity contribution in [1.82, 2.24) is 15.0 Å². The van der Waals surface area contributed by atoms with Gasteiger partial charge in [-0.3, -0.25) is 4.79 Å². The summed E-state index contributed by atoms with van der Waals surface area (Å²) >= 11 is 7.43. The first-order valence-corrected chi connectivity index (χ1v) is 10.1. The molecule has 2 aromatic carbocycles. The number of thioether (sulfide) groups is 1. The van der Waals surface area contributed by atoms with Gasteiger partial charge in [0.2, 0.25) is 17.8 Å². The fraction of sp³-hybridized carbons (Fsp3) is 0.158. The van der Waals surface area contributed by atoms with Gasteiger partial charge >= 0.3 is 0 Å². The van der Waals surface area contributed by atoms with E-state index in [4.69, 9.17) is 22.1 Å². The van der Waals surface area contributed by atoms with Crippen molar-refractivity contribution >= 4 is 52.5 Å². The lowest BCUT2D eigenvalue weighted by atomic mass is 10.3. The van der Waals surface area contributed by atoms with Crippen LogP contribution in [0, 0.1) is 0 Å². The zero-order valence-corrected chi connectivity index (χ0v) is 17.1. The number of nitrogens with two attached hydrogens (primary N) is 1. The monoisotopic (exact) mass is 430 g/mol. The number of halogens is 1. The molecule has 0 saturated carbocycles. The third-order valence-corrected chi connectivity index (χ3v) is 4.85. The molecule has 0 bridgehead atoms. The molecular weight excluding hydrogens is 412 g/mol. The molecule has 1 amide bonds. The van der Waals surface area contributed by atoms with Crippen LogP contribution in [0.3, 0.4) is 0 Å². The van der Waals surface area contributed by atoms with Crippen molar-refractivity contribution in [3.05, 3.63) is 59.4 Å².